The van der Waals surface area contributed by atoms with Crippen LogP contribution in [-0.2, 0) is 4.79 Å². The Balaban J connectivity index is 2.12. The Morgan fingerprint density at radius 3 is 2.95 bits per heavy atom. The first kappa shape index (κ1) is 14.7. The summed E-state index contributed by atoms with van der Waals surface area (Å²) in [6, 6.07) is 7.75. The number of nitrogens with zero attached hydrogens (tertiary/aromatic N) is 1. The molecule has 1 heterocycles. The standard InChI is InChI=1S/C15H19N3OS/c1-10(6-7-16)15(19)18-13-5-3-4-12(8-13)14-9-20-11(2)17-14/h3-5,8-10H,6-7,16H2,1-2H3,(H,18,19). The third kappa shape index (κ3) is 3.65. The van der Waals surface area contributed by atoms with Crippen LogP contribution in [0, 0.1) is 12.8 Å². The largest absolute Gasteiger partial charge is 0.330 e. The van der Waals surface area contributed by atoms with Crippen LogP contribution in [0.15, 0.2) is 29.6 Å². The van der Waals surface area contributed by atoms with Gasteiger partial charge in [0.1, 0.15) is 0 Å². The van der Waals surface area contributed by atoms with Gasteiger partial charge in [-0.2, -0.15) is 0 Å². The van der Waals surface area contributed by atoms with Crippen molar-refractivity contribution in [3.8, 4) is 11.3 Å². The van der Waals surface area contributed by atoms with E-state index in [2.05, 4.69) is 10.3 Å². The van der Waals surface area contributed by atoms with Crippen LogP contribution in [-0.4, -0.2) is 17.4 Å². The lowest BCUT2D eigenvalue weighted by molar-refractivity contribution is -0.119. The molecule has 4 nitrogen and oxygen atoms in total. The topological polar surface area (TPSA) is 68.0 Å². The molecule has 1 amide bonds. The molecule has 0 bridgehead atoms. The van der Waals surface area contributed by atoms with E-state index >= 15 is 0 Å². The van der Waals surface area contributed by atoms with Gasteiger partial charge in [0, 0.05) is 22.5 Å². The van der Waals surface area contributed by atoms with Crippen LogP contribution in [0.5, 0.6) is 0 Å². The van der Waals surface area contributed by atoms with E-state index < -0.39 is 0 Å². The molecule has 2 rings (SSSR count). The fraction of sp³-hybridized carbons (Fsp3) is 0.333. The number of aryl methyl sites for hydroxylation is 1. The molecule has 3 N–H and O–H groups in total. The molecule has 0 aliphatic carbocycles. The van der Waals surface area contributed by atoms with Crippen molar-refractivity contribution >= 4 is 22.9 Å². The van der Waals surface area contributed by atoms with Crippen LogP contribution >= 0.6 is 11.3 Å². The molecule has 1 aromatic carbocycles. The van der Waals surface area contributed by atoms with Gasteiger partial charge in [-0.05, 0) is 32.0 Å². The minimum Gasteiger partial charge on any atom is -0.330 e. The highest BCUT2D eigenvalue weighted by atomic mass is 32.1. The van der Waals surface area contributed by atoms with Gasteiger partial charge in [-0.15, -0.1) is 11.3 Å². The lowest BCUT2D eigenvalue weighted by atomic mass is 10.1. The molecule has 0 saturated carbocycles. The minimum absolute atomic E-state index is 0.00191. The van der Waals surface area contributed by atoms with Crippen molar-refractivity contribution in [1.29, 1.82) is 0 Å². The van der Waals surface area contributed by atoms with Gasteiger partial charge in [-0.1, -0.05) is 19.1 Å². The second-order valence-electron chi connectivity index (χ2n) is 4.80. The molecule has 1 aromatic heterocycles. The summed E-state index contributed by atoms with van der Waals surface area (Å²) in [4.78, 5) is 16.4. The zero-order chi connectivity index (χ0) is 14.5. The number of thiazole rings is 1. The molecule has 2 aromatic rings. The molecule has 0 aliphatic heterocycles. The molecule has 1 unspecified atom stereocenters. The zero-order valence-electron chi connectivity index (χ0n) is 11.7. The number of nitrogens with two attached hydrogens (primary N) is 1. The molecule has 0 aliphatic rings. The van der Waals surface area contributed by atoms with Gasteiger partial charge in [0.25, 0.3) is 0 Å². The third-order valence-corrected chi connectivity index (χ3v) is 3.87. The maximum Gasteiger partial charge on any atom is 0.227 e. The lowest BCUT2D eigenvalue weighted by Gasteiger charge is -2.11. The highest BCUT2D eigenvalue weighted by Crippen LogP contribution is 2.24. The number of nitrogens with one attached hydrogen (secondary N) is 1. The smallest absolute Gasteiger partial charge is 0.227 e. The Hall–Kier alpha value is -1.72. The molecule has 0 fully saturated rings. The Labute approximate surface area is 123 Å². The Kier molecular flexibility index (Phi) is 4.87. The van der Waals surface area contributed by atoms with Gasteiger partial charge in [0.2, 0.25) is 5.91 Å². The summed E-state index contributed by atoms with van der Waals surface area (Å²) < 4.78 is 0. The minimum atomic E-state index is -0.0785. The summed E-state index contributed by atoms with van der Waals surface area (Å²) in [5, 5.41) is 5.98. The van der Waals surface area contributed by atoms with Crippen molar-refractivity contribution in [2.24, 2.45) is 11.7 Å². The van der Waals surface area contributed by atoms with Crippen molar-refractivity contribution in [3.63, 3.8) is 0 Å². The number of aromatic nitrogens is 1. The van der Waals surface area contributed by atoms with Crippen molar-refractivity contribution in [1.82, 2.24) is 4.98 Å². The number of carbonyl (C=O) groups excluding carboxylic acids is 1. The van der Waals surface area contributed by atoms with Gasteiger partial charge in [0.15, 0.2) is 0 Å². The number of anilines is 1. The van der Waals surface area contributed by atoms with Crippen LogP contribution in [0.4, 0.5) is 5.69 Å². The van der Waals surface area contributed by atoms with Gasteiger partial charge >= 0.3 is 0 Å². The fourth-order valence-electron chi connectivity index (χ4n) is 1.90. The highest BCUT2D eigenvalue weighted by molar-refractivity contribution is 7.09. The summed E-state index contributed by atoms with van der Waals surface area (Å²) in [5.41, 5.74) is 8.23. The van der Waals surface area contributed by atoms with Gasteiger partial charge in [0.05, 0.1) is 10.7 Å². The van der Waals surface area contributed by atoms with Crippen LogP contribution in [0.25, 0.3) is 11.3 Å². The van der Waals surface area contributed by atoms with Crippen LogP contribution < -0.4 is 11.1 Å². The first-order chi connectivity index (χ1) is 9.60. The number of carbonyl (C=O) groups is 1. The highest BCUT2D eigenvalue weighted by Gasteiger charge is 2.12. The Morgan fingerprint density at radius 1 is 1.50 bits per heavy atom. The van der Waals surface area contributed by atoms with E-state index in [-0.39, 0.29) is 11.8 Å². The summed E-state index contributed by atoms with van der Waals surface area (Å²) in [6.45, 7) is 4.39. The molecule has 20 heavy (non-hydrogen) atoms. The molecule has 1 atom stereocenters. The quantitative estimate of drug-likeness (QED) is 0.889. The van der Waals surface area contributed by atoms with Crippen molar-refractivity contribution < 1.29 is 4.79 Å². The second kappa shape index (κ2) is 6.63. The second-order valence-corrected chi connectivity index (χ2v) is 5.86. The summed E-state index contributed by atoms with van der Waals surface area (Å²) >= 11 is 1.62. The first-order valence-electron chi connectivity index (χ1n) is 6.63. The fourth-order valence-corrected chi connectivity index (χ4v) is 2.52. The van der Waals surface area contributed by atoms with E-state index in [0.717, 1.165) is 22.0 Å². The molecular weight excluding hydrogens is 270 g/mol. The van der Waals surface area contributed by atoms with E-state index in [4.69, 9.17) is 5.73 Å². The summed E-state index contributed by atoms with van der Waals surface area (Å²) in [5.74, 6) is -0.0766. The van der Waals surface area contributed by atoms with Crippen molar-refractivity contribution in [3.05, 3.63) is 34.7 Å². The number of hydrogen-bond donors (Lipinski definition) is 2. The SMILES string of the molecule is Cc1nc(-c2cccc(NC(=O)C(C)CCN)c2)cs1. The maximum absolute atomic E-state index is 12.0. The predicted molar refractivity (Wildman–Crippen MR) is 83.8 cm³/mol. The van der Waals surface area contributed by atoms with Gasteiger partial charge in [-0.3, -0.25) is 4.79 Å². The molecule has 5 heteroatoms. The number of hydrogen-bond acceptors (Lipinski definition) is 4. The van der Waals surface area contributed by atoms with Crippen LogP contribution in [0.2, 0.25) is 0 Å². The van der Waals surface area contributed by atoms with E-state index in [1.807, 2.05) is 43.5 Å². The third-order valence-electron chi connectivity index (χ3n) is 3.09. The average Bonchev–Trinajstić information content (AvgIpc) is 2.86. The average molecular weight is 289 g/mol. The number of amides is 1. The van der Waals surface area contributed by atoms with Crippen molar-refractivity contribution in [2.45, 2.75) is 20.3 Å². The van der Waals surface area contributed by atoms with Gasteiger partial charge < -0.3 is 11.1 Å². The predicted octanol–water partition coefficient (Wildman–Crippen LogP) is 3.04. The summed E-state index contributed by atoms with van der Waals surface area (Å²) in [7, 11) is 0. The lowest BCUT2D eigenvalue weighted by Crippen LogP contribution is -2.22. The van der Waals surface area contributed by atoms with Crippen molar-refractivity contribution in [2.75, 3.05) is 11.9 Å². The van der Waals surface area contributed by atoms with Crippen LogP contribution in [0.3, 0.4) is 0 Å². The molecule has 0 radical (unpaired) electrons. The summed E-state index contributed by atoms with van der Waals surface area (Å²) in [6.07, 6.45) is 0.691. The van der Waals surface area contributed by atoms with E-state index in [0.29, 0.717) is 13.0 Å². The molecule has 106 valence electrons. The molecular formula is C15H19N3OS. The Bertz CT molecular complexity index is 594. The van der Waals surface area contributed by atoms with E-state index in [1.54, 1.807) is 11.3 Å². The maximum atomic E-state index is 12.0. The molecule has 0 spiro atoms. The zero-order valence-corrected chi connectivity index (χ0v) is 12.5. The van der Waals surface area contributed by atoms with E-state index in [9.17, 15) is 4.79 Å². The normalized spacial score (nSPS) is 12.2. The Morgan fingerprint density at radius 2 is 2.30 bits per heavy atom. The number of rotatable bonds is 5. The van der Waals surface area contributed by atoms with Gasteiger partial charge in [-0.25, -0.2) is 4.98 Å². The van der Waals surface area contributed by atoms with E-state index in [1.165, 1.54) is 0 Å². The molecule has 0 saturated heterocycles. The first-order valence-corrected chi connectivity index (χ1v) is 7.51. The number of benzene rings is 1. The van der Waals surface area contributed by atoms with Crippen LogP contribution in [0.1, 0.15) is 18.4 Å². The monoisotopic (exact) mass is 289 g/mol.